The molecule has 0 spiro atoms. The highest BCUT2D eigenvalue weighted by Crippen LogP contribution is 2.41. The maximum Gasteiger partial charge on any atom is -0.00206 e. The van der Waals surface area contributed by atoms with Gasteiger partial charge in [-0.15, -0.1) is 0 Å². The molecule has 0 radical (unpaired) electrons. The van der Waals surface area contributed by atoms with E-state index in [-0.39, 0.29) is 0 Å². The van der Waals surface area contributed by atoms with E-state index in [4.69, 9.17) is 0 Å². The molecule has 0 nitrogen and oxygen atoms in total. The summed E-state index contributed by atoms with van der Waals surface area (Å²) in [6.07, 6.45) is 0. The molecule has 0 atom stereocenters. The minimum absolute atomic E-state index is 1.26. The van der Waals surface area contributed by atoms with Crippen LogP contribution in [-0.4, -0.2) is 0 Å². The Morgan fingerprint density at radius 1 is 0.278 bits per heavy atom. The van der Waals surface area contributed by atoms with Crippen LogP contribution in [0.15, 0.2) is 133 Å². The maximum absolute atomic E-state index is 2.36. The number of hydrogen-bond donors (Lipinski definition) is 0. The molecule has 0 aliphatic heterocycles. The molecule has 0 heteroatoms. The normalized spacial score (nSPS) is 11.9. The Balaban J connectivity index is 1.37. The van der Waals surface area contributed by atoms with Gasteiger partial charge in [-0.1, -0.05) is 109 Å². The van der Waals surface area contributed by atoms with Gasteiger partial charge < -0.3 is 0 Å². The number of rotatable bonds is 2. The van der Waals surface area contributed by atoms with Crippen molar-refractivity contribution in [1.29, 1.82) is 0 Å². The fourth-order valence-corrected chi connectivity index (χ4v) is 5.96. The lowest BCUT2D eigenvalue weighted by atomic mass is 9.88. The molecule has 0 saturated carbocycles. The average molecular weight is 455 g/mol. The Hall–Kier alpha value is -4.68. The van der Waals surface area contributed by atoms with Crippen LogP contribution in [0.5, 0.6) is 0 Å². The molecular formula is C36H22. The number of hydrogen-bond acceptors (Lipinski definition) is 0. The minimum Gasteiger partial charge on any atom is -0.0616 e. The largest absolute Gasteiger partial charge is 0.0616 e. The van der Waals surface area contributed by atoms with E-state index in [9.17, 15) is 0 Å². The van der Waals surface area contributed by atoms with Crippen LogP contribution in [0.3, 0.4) is 0 Å². The average Bonchev–Trinajstić information content (AvgIpc) is 2.95. The van der Waals surface area contributed by atoms with Gasteiger partial charge in [-0.05, 0) is 100 Å². The monoisotopic (exact) mass is 454 g/mol. The van der Waals surface area contributed by atoms with Crippen LogP contribution in [0.2, 0.25) is 0 Å². The summed E-state index contributed by atoms with van der Waals surface area (Å²) in [5.41, 5.74) is 5.09. The molecule has 0 heterocycles. The molecule has 0 aromatic heterocycles. The second-order valence-electron chi connectivity index (χ2n) is 9.81. The van der Waals surface area contributed by atoms with E-state index >= 15 is 0 Å². The van der Waals surface area contributed by atoms with Crippen molar-refractivity contribution in [3.8, 4) is 22.3 Å². The Morgan fingerprint density at radius 3 is 1.50 bits per heavy atom. The SMILES string of the molecule is c1ccc2cc(-c3cc4ccc5ccc(-c6ccc7ccccc7c6)c6ccc(c3)c4c56)ccc2c1. The fourth-order valence-electron chi connectivity index (χ4n) is 5.96. The summed E-state index contributed by atoms with van der Waals surface area (Å²) in [4.78, 5) is 0. The molecule has 0 N–H and O–H groups in total. The van der Waals surface area contributed by atoms with E-state index < -0.39 is 0 Å². The Kier molecular flexibility index (Phi) is 4.03. The topological polar surface area (TPSA) is 0 Å². The van der Waals surface area contributed by atoms with Gasteiger partial charge in [0.2, 0.25) is 0 Å². The van der Waals surface area contributed by atoms with Crippen molar-refractivity contribution in [2.75, 3.05) is 0 Å². The highest BCUT2D eigenvalue weighted by Gasteiger charge is 2.14. The molecule has 166 valence electrons. The summed E-state index contributed by atoms with van der Waals surface area (Å²) >= 11 is 0. The van der Waals surface area contributed by atoms with Crippen molar-refractivity contribution >= 4 is 53.9 Å². The van der Waals surface area contributed by atoms with Gasteiger partial charge in [0.05, 0.1) is 0 Å². The second kappa shape index (κ2) is 7.41. The molecule has 0 saturated heterocycles. The van der Waals surface area contributed by atoms with Crippen molar-refractivity contribution in [2.45, 2.75) is 0 Å². The number of benzene rings is 8. The molecule has 0 aliphatic carbocycles. The Labute approximate surface area is 209 Å². The van der Waals surface area contributed by atoms with Gasteiger partial charge >= 0.3 is 0 Å². The van der Waals surface area contributed by atoms with Crippen LogP contribution in [0, 0.1) is 0 Å². The van der Waals surface area contributed by atoms with Gasteiger partial charge in [0, 0.05) is 0 Å². The third-order valence-corrected chi connectivity index (χ3v) is 7.74. The third-order valence-electron chi connectivity index (χ3n) is 7.74. The zero-order valence-corrected chi connectivity index (χ0v) is 19.7. The van der Waals surface area contributed by atoms with Gasteiger partial charge in [-0.3, -0.25) is 0 Å². The van der Waals surface area contributed by atoms with E-state index in [0.29, 0.717) is 0 Å². The third kappa shape index (κ3) is 2.88. The van der Waals surface area contributed by atoms with Gasteiger partial charge in [0.15, 0.2) is 0 Å². The molecule has 8 rings (SSSR count). The van der Waals surface area contributed by atoms with Crippen LogP contribution in [0.1, 0.15) is 0 Å². The predicted octanol–water partition coefficient (Wildman–Crippen LogP) is 10.2. The zero-order chi connectivity index (χ0) is 23.6. The lowest BCUT2D eigenvalue weighted by Gasteiger charge is -2.16. The standard InChI is InChI=1S/C36H22/c1-3-7-26-19-28(12-9-23(26)5-1)32-21-30-14-11-25-15-17-33(34-18-16-31(22-32)35(30)36(25)34)29-13-10-24-6-2-4-8-27(24)20-29/h1-22H. The zero-order valence-electron chi connectivity index (χ0n) is 19.7. The first-order chi connectivity index (χ1) is 17.8. The summed E-state index contributed by atoms with van der Waals surface area (Å²) in [6, 6.07) is 49.2. The van der Waals surface area contributed by atoms with Gasteiger partial charge in [-0.2, -0.15) is 0 Å². The Bertz CT molecular complexity index is 2080. The quantitative estimate of drug-likeness (QED) is 0.228. The van der Waals surface area contributed by atoms with Gasteiger partial charge in [0.1, 0.15) is 0 Å². The second-order valence-corrected chi connectivity index (χ2v) is 9.81. The molecule has 36 heavy (non-hydrogen) atoms. The predicted molar refractivity (Wildman–Crippen MR) is 156 cm³/mol. The number of fused-ring (bicyclic) bond motifs is 2. The van der Waals surface area contributed by atoms with E-state index in [2.05, 4.69) is 133 Å². The molecule has 0 bridgehead atoms. The van der Waals surface area contributed by atoms with Gasteiger partial charge in [-0.25, -0.2) is 0 Å². The Morgan fingerprint density at radius 2 is 0.778 bits per heavy atom. The molecular weight excluding hydrogens is 432 g/mol. The van der Waals surface area contributed by atoms with Crippen molar-refractivity contribution in [3.63, 3.8) is 0 Å². The maximum atomic E-state index is 2.36. The highest BCUT2D eigenvalue weighted by molar-refractivity contribution is 6.26. The first-order valence-corrected chi connectivity index (χ1v) is 12.5. The van der Waals surface area contributed by atoms with E-state index in [0.717, 1.165) is 0 Å². The molecule has 8 aromatic carbocycles. The van der Waals surface area contributed by atoms with E-state index in [1.807, 2.05) is 0 Å². The lowest BCUT2D eigenvalue weighted by molar-refractivity contribution is 1.68. The summed E-state index contributed by atoms with van der Waals surface area (Å²) in [5, 5.41) is 13.0. The summed E-state index contributed by atoms with van der Waals surface area (Å²) < 4.78 is 0. The lowest BCUT2D eigenvalue weighted by Crippen LogP contribution is -1.89. The van der Waals surface area contributed by atoms with Crippen LogP contribution in [0.4, 0.5) is 0 Å². The van der Waals surface area contributed by atoms with Crippen molar-refractivity contribution in [2.24, 2.45) is 0 Å². The first kappa shape index (κ1) is 19.6. The van der Waals surface area contributed by atoms with Gasteiger partial charge in [0.25, 0.3) is 0 Å². The highest BCUT2D eigenvalue weighted by atomic mass is 14.2. The minimum atomic E-state index is 1.26. The molecule has 0 aliphatic rings. The smallest absolute Gasteiger partial charge is 0.00206 e. The van der Waals surface area contributed by atoms with Crippen molar-refractivity contribution in [3.05, 3.63) is 133 Å². The van der Waals surface area contributed by atoms with Crippen molar-refractivity contribution < 1.29 is 0 Å². The first-order valence-electron chi connectivity index (χ1n) is 12.5. The summed E-state index contributed by atoms with van der Waals surface area (Å²) in [6.45, 7) is 0. The van der Waals surface area contributed by atoms with Crippen LogP contribution < -0.4 is 0 Å². The summed E-state index contributed by atoms with van der Waals surface area (Å²) in [7, 11) is 0. The van der Waals surface area contributed by atoms with E-state index in [1.54, 1.807) is 0 Å². The van der Waals surface area contributed by atoms with E-state index in [1.165, 1.54) is 76.1 Å². The molecule has 8 aromatic rings. The fraction of sp³-hybridized carbons (Fsp3) is 0. The molecule has 0 unspecified atom stereocenters. The van der Waals surface area contributed by atoms with Crippen LogP contribution in [0.25, 0.3) is 76.1 Å². The molecule has 0 amide bonds. The van der Waals surface area contributed by atoms with Crippen LogP contribution in [-0.2, 0) is 0 Å². The molecule has 0 fully saturated rings. The van der Waals surface area contributed by atoms with Crippen LogP contribution >= 0.6 is 0 Å². The van der Waals surface area contributed by atoms with Crippen molar-refractivity contribution in [1.82, 2.24) is 0 Å². The summed E-state index contributed by atoms with van der Waals surface area (Å²) in [5.74, 6) is 0.